The van der Waals surface area contributed by atoms with E-state index in [1.54, 1.807) is 11.8 Å². The van der Waals surface area contributed by atoms with Crippen molar-refractivity contribution in [3.8, 4) is 0 Å². The molecule has 0 aromatic rings. The minimum Gasteiger partial charge on any atom is -0.379 e. The lowest BCUT2D eigenvalue weighted by molar-refractivity contribution is -0.123. The summed E-state index contributed by atoms with van der Waals surface area (Å²) in [5.41, 5.74) is 5.83. The highest BCUT2D eigenvalue weighted by Crippen LogP contribution is 2.01. The first-order valence-electron chi connectivity index (χ1n) is 6.48. The molecule has 1 saturated heterocycles. The van der Waals surface area contributed by atoms with Crippen LogP contribution in [0.3, 0.4) is 0 Å². The lowest BCUT2D eigenvalue weighted by Crippen LogP contribution is -2.50. The van der Waals surface area contributed by atoms with E-state index in [-0.39, 0.29) is 30.4 Å². The Morgan fingerprint density at radius 2 is 2.11 bits per heavy atom. The predicted octanol–water partition coefficient (Wildman–Crippen LogP) is 0.326. The molecule has 5 nitrogen and oxygen atoms in total. The summed E-state index contributed by atoms with van der Waals surface area (Å²) in [6, 6.07) is -0.250. The van der Waals surface area contributed by atoms with Gasteiger partial charge in [0.2, 0.25) is 5.91 Å². The molecule has 1 amide bonds. The fraction of sp³-hybridized carbons (Fsp3) is 0.917. The van der Waals surface area contributed by atoms with E-state index < -0.39 is 0 Å². The topological polar surface area (TPSA) is 67.6 Å². The number of thioether (sulfide) groups is 1. The minimum atomic E-state index is -0.385. The number of nitrogens with two attached hydrogens (primary N) is 1. The first-order chi connectivity index (χ1) is 8.63. The third-order valence-electron chi connectivity index (χ3n) is 2.99. The van der Waals surface area contributed by atoms with Crippen LogP contribution in [0.1, 0.15) is 13.3 Å². The molecule has 1 fully saturated rings. The largest absolute Gasteiger partial charge is 0.379 e. The quantitative estimate of drug-likeness (QED) is 0.709. The maximum atomic E-state index is 11.8. The van der Waals surface area contributed by atoms with Gasteiger partial charge in [-0.2, -0.15) is 11.8 Å². The van der Waals surface area contributed by atoms with Crippen LogP contribution in [0.25, 0.3) is 0 Å². The van der Waals surface area contributed by atoms with Crippen molar-refractivity contribution in [2.45, 2.75) is 25.4 Å². The molecule has 7 heteroatoms. The van der Waals surface area contributed by atoms with Crippen molar-refractivity contribution in [3.63, 3.8) is 0 Å². The zero-order chi connectivity index (χ0) is 13.4. The Hall–Kier alpha value is -0.0100. The van der Waals surface area contributed by atoms with Crippen LogP contribution < -0.4 is 11.1 Å². The standard InChI is InChI=1S/C12H25N3O2S.ClH/c1-10(9-15-4-6-17-7-5-15)14-12(16)11(13)3-8-18-2;/h10-11H,3-9,13H2,1-2H3,(H,14,16);1H/t10?,11-;/m0./s1. The van der Waals surface area contributed by atoms with E-state index in [2.05, 4.69) is 10.2 Å². The van der Waals surface area contributed by atoms with Crippen LogP contribution in [0.5, 0.6) is 0 Å². The van der Waals surface area contributed by atoms with E-state index in [9.17, 15) is 4.79 Å². The lowest BCUT2D eigenvalue weighted by Gasteiger charge is -2.29. The maximum Gasteiger partial charge on any atom is 0.237 e. The van der Waals surface area contributed by atoms with Crippen LogP contribution in [0, 0.1) is 0 Å². The number of hydrogen-bond acceptors (Lipinski definition) is 5. The van der Waals surface area contributed by atoms with Gasteiger partial charge in [-0.3, -0.25) is 9.69 Å². The van der Waals surface area contributed by atoms with Crippen LogP contribution in [0.15, 0.2) is 0 Å². The van der Waals surface area contributed by atoms with Crippen molar-refractivity contribution >= 4 is 30.1 Å². The van der Waals surface area contributed by atoms with Gasteiger partial charge in [0.15, 0.2) is 0 Å². The van der Waals surface area contributed by atoms with E-state index in [1.807, 2.05) is 13.2 Å². The third kappa shape index (κ3) is 7.99. The number of halogens is 1. The number of rotatable bonds is 7. The van der Waals surface area contributed by atoms with Crippen LogP contribution in [0.4, 0.5) is 0 Å². The molecular weight excluding hydrogens is 286 g/mol. The molecule has 0 aliphatic carbocycles. The maximum absolute atomic E-state index is 11.8. The molecule has 1 rings (SSSR count). The van der Waals surface area contributed by atoms with Gasteiger partial charge in [-0.1, -0.05) is 0 Å². The van der Waals surface area contributed by atoms with Gasteiger partial charge in [0, 0.05) is 25.7 Å². The molecule has 3 N–H and O–H groups in total. The van der Waals surface area contributed by atoms with Gasteiger partial charge in [-0.15, -0.1) is 12.4 Å². The lowest BCUT2D eigenvalue weighted by atomic mass is 10.2. The number of ether oxygens (including phenoxy) is 1. The number of nitrogens with zero attached hydrogens (tertiary/aromatic N) is 1. The number of carbonyl (C=O) groups excluding carboxylic acids is 1. The molecule has 114 valence electrons. The Morgan fingerprint density at radius 1 is 1.47 bits per heavy atom. The van der Waals surface area contributed by atoms with Gasteiger partial charge in [0.05, 0.1) is 19.3 Å². The van der Waals surface area contributed by atoms with E-state index in [0.29, 0.717) is 0 Å². The summed E-state index contributed by atoms with van der Waals surface area (Å²) in [5, 5.41) is 2.98. The van der Waals surface area contributed by atoms with Crippen molar-refractivity contribution < 1.29 is 9.53 Å². The highest BCUT2D eigenvalue weighted by molar-refractivity contribution is 7.98. The fourth-order valence-corrected chi connectivity index (χ4v) is 2.43. The Bertz CT molecular complexity index is 253. The Balaban J connectivity index is 0.00000324. The summed E-state index contributed by atoms with van der Waals surface area (Å²) >= 11 is 1.71. The SMILES string of the molecule is CSCC[C@H](N)C(=O)NC(C)CN1CCOCC1.Cl. The third-order valence-corrected chi connectivity index (χ3v) is 3.64. The summed E-state index contributed by atoms with van der Waals surface area (Å²) in [4.78, 5) is 14.1. The monoisotopic (exact) mass is 311 g/mol. The number of carbonyl (C=O) groups is 1. The van der Waals surface area contributed by atoms with E-state index >= 15 is 0 Å². The molecule has 0 aromatic carbocycles. The van der Waals surface area contributed by atoms with Crippen LogP contribution >= 0.6 is 24.2 Å². The molecule has 0 radical (unpaired) electrons. The predicted molar refractivity (Wildman–Crippen MR) is 83.1 cm³/mol. The number of amides is 1. The van der Waals surface area contributed by atoms with Crippen LogP contribution in [-0.2, 0) is 9.53 Å². The molecule has 0 aromatic heterocycles. The van der Waals surface area contributed by atoms with Gasteiger partial charge in [-0.05, 0) is 25.4 Å². The first kappa shape index (κ1) is 19.0. The first-order valence-corrected chi connectivity index (χ1v) is 7.88. The molecule has 1 heterocycles. The van der Waals surface area contributed by atoms with Crippen molar-refractivity contribution in [2.24, 2.45) is 5.73 Å². The van der Waals surface area contributed by atoms with Crippen molar-refractivity contribution in [3.05, 3.63) is 0 Å². The van der Waals surface area contributed by atoms with Gasteiger partial charge >= 0.3 is 0 Å². The van der Waals surface area contributed by atoms with Crippen molar-refractivity contribution in [1.29, 1.82) is 0 Å². The Kier molecular flexibility index (Phi) is 10.7. The second-order valence-electron chi connectivity index (χ2n) is 4.71. The molecule has 2 atom stereocenters. The molecular formula is C12H26ClN3O2S. The molecule has 19 heavy (non-hydrogen) atoms. The van der Waals surface area contributed by atoms with Crippen LogP contribution in [-0.4, -0.2) is 67.7 Å². The number of morpholine rings is 1. The zero-order valence-corrected chi connectivity index (χ0v) is 13.4. The molecule has 1 unspecified atom stereocenters. The normalized spacial score (nSPS) is 19.3. The highest BCUT2D eigenvalue weighted by atomic mass is 35.5. The van der Waals surface area contributed by atoms with E-state index in [4.69, 9.17) is 10.5 Å². The Morgan fingerprint density at radius 3 is 2.68 bits per heavy atom. The second kappa shape index (κ2) is 10.7. The number of hydrogen-bond donors (Lipinski definition) is 2. The van der Waals surface area contributed by atoms with Gasteiger partial charge < -0.3 is 15.8 Å². The summed E-state index contributed by atoms with van der Waals surface area (Å²) in [6.45, 7) is 6.35. The molecule has 0 bridgehead atoms. The molecule has 1 aliphatic heterocycles. The summed E-state index contributed by atoms with van der Waals surface area (Å²) < 4.78 is 5.29. The fourth-order valence-electron chi connectivity index (χ4n) is 1.94. The van der Waals surface area contributed by atoms with E-state index in [1.165, 1.54) is 0 Å². The molecule has 0 spiro atoms. The summed E-state index contributed by atoms with van der Waals surface area (Å²) in [7, 11) is 0. The van der Waals surface area contributed by atoms with Gasteiger partial charge in [0.25, 0.3) is 0 Å². The van der Waals surface area contributed by atoms with Crippen LogP contribution in [0.2, 0.25) is 0 Å². The summed E-state index contributed by atoms with van der Waals surface area (Å²) in [5.74, 6) is 0.886. The minimum absolute atomic E-state index is 0. The average Bonchev–Trinajstić information content (AvgIpc) is 2.36. The second-order valence-corrected chi connectivity index (χ2v) is 5.70. The van der Waals surface area contributed by atoms with Gasteiger partial charge in [-0.25, -0.2) is 0 Å². The summed E-state index contributed by atoms with van der Waals surface area (Å²) in [6.07, 6.45) is 2.75. The van der Waals surface area contributed by atoms with E-state index in [0.717, 1.165) is 45.0 Å². The Labute approximate surface area is 126 Å². The van der Waals surface area contributed by atoms with Gasteiger partial charge in [0.1, 0.15) is 0 Å². The number of nitrogens with one attached hydrogen (secondary N) is 1. The average molecular weight is 312 g/mol. The van der Waals surface area contributed by atoms with Crippen molar-refractivity contribution in [1.82, 2.24) is 10.2 Å². The molecule has 1 aliphatic rings. The zero-order valence-electron chi connectivity index (χ0n) is 11.8. The smallest absolute Gasteiger partial charge is 0.237 e. The molecule has 0 saturated carbocycles. The highest BCUT2D eigenvalue weighted by Gasteiger charge is 2.18. The van der Waals surface area contributed by atoms with Crippen molar-refractivity contribution in [2.75, 3.05) is 44.9 Å².